The summed E-state index contributed by atoms with van der Waals surface area (Å²) in [7, 11) is -0.260. The Labute approximate surface area is 220 Å². The van der Waals surface area contributed by atoms with Crippen LogP contribution in [0.1, 0.15) is 12.8 Å². The number of aromatic nitrogens is 1. The van der Waals surface area contributed by atoms with Crippen LogP contribution in [0.25, 0.3) is 22.0 Å². The molecule has 1 amide bonds. The topological polar surface area (TPSA) is 101 Å². The lowest BCUT2D eigenvalue weighted by Crippen LogP contribution is -2.41. The van der Waals surface area contributed by atoms with E-state index in [1.165, 1.54) is 15.6 Å². The molecule has 0 radical (unpaired) electrons. The minimum absolute atomic E-state index is 0.146. The Kier molecular flexibility index (Phi) is 7.14. The van der Waals surface area contributed by atoms with Gasteiger partial charge in [0.25, 0.3) is 0 Å². The number of fused-ring (bicyclic) bond motifs is 1. The first-order valence-electron chi connectivity index (χ1n) is 12.0. The number of rotatable bonds is 7. The van der Waals surface area contributed by atoms with Gasteiger partial charge in [-0.2, -0.15) is 4.31 Å². The number of benzene rings is 3. The fraction of sp³-hybridized carbons (Fsp3) is 0.259. The van der Waals surface area contributed by atoms with E-state index in [4.69, 9.17) is 4.74 Å². The molecule has 1 fully saturated rings. The number of thiazole rings is 1. The zero-order chi connectivity index (χ0) is 26.0. The van der Waals surface area contributed by atoms with Gasteiger partial charge in [-0.15, -0.1) is 11.3 Å². The minimum Gasteiger partial charge on any atom is -0.495 e. The highest BCUT2D eigenvalue weighted by Gasteiger charge is 2.32. The van der Waals surface area contributed by atoms with Crippen molar-refractivity contribution in [2.75, 3.05) is 37.9 Å². The smallest absolute Gasteiger partial charge is 0.243 e. The highest BCUT2D eigenvalue weighted by atomic mass is 32.2. The van der Waals surface area contributed by atoms with Gasteiger partial charge in [-0.1, -0.05) is 30.3 Å². The lowest BCUT2D eigenvalue weighted by Gasteiger charge is -2.30. The first-order valence-corrected chi connectivity index (χ1v) is 14.3. The lowest BCUT2D eigenvalue weighted by atomic mass is 9.97. The number of ether oxygens (including phenoxy) is 1. The number of hydrogen-bond donors (Lipinski definition) is 2. The number of amides is 1. The third kappa shape index (κ3) is 5.18. The molecule has 4 aromatic rings. The van der Waals surface area contributed by atoms with E-state index in [0.29, 0.717) is 24.3 Å². The van der Waals surface area contributed by atoms with Gasteiger partial charge in [-0.05, 0) is 53.9 Å². The van der Waals surface area contributed by atoms with E-state index >= 15 is 0 Å². The Morgan fingerprint density at radius 1 is 1.05 bits per heavy atom. The van der Waals surface area contributed by atoms with Crippen LogP contribution in [0.15, 0.2) is 70.9 Å². The Morgan fingerprint density at radius 3 is 2.51 bits per heavy atom. The number of nitrogens with zero attached hydrogens (tertiary/aromatic N) is 2. The van der Waals surface area contributed by atoms with Crippen molar-refractivity contribution in [2.24, 2.45) is 5.92 Å². The predicted octanol–water partition coefficient (Wildman–Crippen LogP) is 5.05. The second-order valence-electron chi connectivity index (χ2n) is 8.88. The third-order valence-electron chi connectivity index (χ3n) is 6.65. The summed E-state index contributed by atoms with van der Waals surface area (Å²) in [6.45, 7) is 0.575. The SMILES string of the molecule is CNc1nc(-c2ccc(OC)c(NC(=O)C3CCN(S(=O)(=O)c4ccc5ccccc5c4)CC3)c2)cs1. The molecule has 1 aliphatic rings. The molecule has 0 aliphatic carbocycles. The molecule has 3 aromatic carbocycles. The van der Waals surface area contributed by atoms with Gasteiger partial charge in [0.15, 0.2) is 5.13 Å². The number of sulfonamides is 1. The molecule has 0 unspecified atom stereocenters. The predicted molar refractivity (Wildman–Crippen MR) is 148 cm³/mol. The van der Waals surface area contributed by atoms with Crippen LogP contribution >= 0.6 is 11.3 Å². The Hall–Kier alpha value is -3.47. The van der Waals surface area contributed by atoms with Crippen molar-refractivity contribution in [3.8, 4) is 17.0 Å². The zero-order valence-corrected chi connectivity index (χ0v) is 22.2. The van der Waals surface area contributed by atoms with Crippen LogP contribution in [0.4, 0.5) is 10.8 Å². The molecule has 37 heavy (non-hydrogen) atoms. The van der Waals surface area contributed by atoms with Crippen molar-refractivity contribution in [1.82, 2.24) is 9.29 Å². The van der Waals surface area contributed by atoms with Crippen molar-refractivity contribution >= 4 is 48.9 Å². The van der Waals surface area contributed by atoms with Gasteiger partial charge in [0.2, 0.25) is 15.9 Å². The Morgan fingerprint density at radius 2 is 1.81 bits per heavy atom. The van der Waals surface area contributed by atoms with E-state index in [1.54, 1.807) is 19.2 Å². The molecule has 1 saturated heterocycles. The minimum atomic E-state index is -3.64. The molecule has 10 heteroatoms. The van der Waals surface area contributed by atoms with Crippen LogP contribution in [-0.2, 0) is 14.8 Å². The summed E-state index contributed by atoms with van der Waals surface area (Å²) < 4.78 is 33.5. The highest BCUT2D eigenvalue weighted by Crippen LogP contribution is 2.33. The third-order valence-corrected chi connectivity index (χ3v) is 9.41. The average Bonchev–Trinajstić information content (AvgIpc) is 3.42. The number of carbonyl (C=O) groups excluding carboxylic acids is 1. The fourth-order valence-corrected chi connectivity index (χ4v) is 6.74. The average molecular weight is 537 g/mol. The van der Waals surface area contributed by atoms with Crippen molar-refractivity contribution in [2.45, 2.75) is 17.7 Å². The summed E-state index contributed by atoms with van der Waals surface area (Å²) in [5.74, 6) is 0.108. The Bertz CT molecular complexity index is 1540. The standard InChI is InChI=1S/C27H28N4O4S2/c1-28-27-30-24(17-36-27)21-8-10-25(35-2)23(16-21)29-26(32)19-11-13-31(14-12-19)37(33,34)22-9-7-18-5-3-4-6-20(18)15-22/h3-10,15-17,19H,11-14H2,1-2H3,(H,28,30)(H,29,32). The van der Waals surface area contributed by atoms with Crippen molar-refractivity contribution in [3.63, 3.8) is 0 Å². The molecule has 2 N–H and O–H groups in total. The number of hydrogen-bond acceptors (Lipinski definition) is 7. The number of nitrogens with one attached hydrogen (secondary N) is 2. The summed E-state index contributed by atoms with van der Waals surface area (Å²) in [6.07, 6.45) is 0.885. The fourth-order valence-electron chi connectivity index (χ4n) is 4.56. The number of methoxy groups -OCH3 is 1. The van der Waals surface area contributed by atoms with E-state index in [0.717, 1.165) is 27.2 Å². The molecule has 1 aliphatic heterocycles. The summed E-state index contributed by atoms with van der Waals surface area (Å²) in [4.78, 5) is 18.0. The number of piperidine rings is 1. The molecular weight excluding hydrogens is 508 g/mol. The van der Waals surface area contributed by atoms with E-state index in [2.05, 4.69) is 15.6 Å². The van der Waals surface area contributed by atoms with Crippen LogP contribution in [0.5, 0.6) is 5.75 Å². The maximum atomic E-state index is 13.3. The molecule has 2 heterocycles. The normalized spacial score (nSPS) is 15.0. The van der Waals surface area contributed by atoms with E-state index in [9.17, 15) is 13.2 Å². The summed E-state index contributed by atoms with van der Waals surface area (Å²) in [6, 6.07) is 18.4. The summed E-state index contributed by atoms with van der Waals surface area (Å²) in [5, 5.41) is 10.7. The van der Waals surface area contributed by atoms with Crippen LogP contribution in [0, 0.1) is 5.92 Å². The van der Waals surface area contributed by atoms with Gasteiger partial charge in [0.1, 0.15) is 5.75 Å². The lowest BCUT2D eigenvalue weighted by molar-refractivity contribution is -0.120. The van der Waals surface area contributed by atoms with Gasteiger partial charge in [0, 0.05) is 37.0 Å². The maximum absolute atomic E-state index is 13.3. The van der Waals surface area contributed by atoms with E-state index in [1.807, 2.05) is 61.0 Å². The summed E-state index contributed by atoms with van der Waals surface area (Å²) in [5.41, 5.74) is 2.24. The molecule has 0 saturated carbocycles. The monoisotopic (exact) mass is 536 g/mol. The van der Waals surface area contributed by atoms with Crippen molar-refractivity contribution < 1.29 is 17.9 Å². The van der Waals surface area contributed by atoms with Crippen LogP contribution in [0.3, 0.4) is 0 Å². The van der Waals surface area contributed by atoms with Crippen LogP contribution < -0.4 is 15.4 Å². The molecule has 192 valence electrons. The first kappa shape index (κ1) is 25.2. The second-order valence-corrected chi connectivity index (χ2v) is 11.7. The van der Waals surface area contributed by atoms with Crippen molar-refractivity contribution in [3.05, 3.63) is 66.0 Å². The number of anilines is 2. The zero-order valence-electron chi connectivity index (χ0n) is 20.6. The molecule has 0 spiro atoms. The van der Waals surface area contributed by atoms with Gasteiger partial charge in [0.05, 0.1) is 23.4 Å². The second kappa shape index (κ2) is 10.5. The van der Waals surface area contributed by atoms with E-state index in [-0.39, 0.29) is 29.8 Å². The first-order chi connectivity index (χ1) is 17.9. The molecule has 5 rings (SSSR count). The summed E-state index contributed by atoms with van der Waals surface area (Å²) >= 11 is 1.50. The largest absolute Gasteiger partial charge is 0.495 e. The molecule has 1 aromatic heterocycles. The Balaban J connectivity index is 1.27. The van der Waals surface area contributed by atoms with Gasteiger partial charge < -0.3 is 15.4 Å². The number of carbonyl (C=O) groups is 1. The molecule has 0 bridgehead atoms. The van der Waals surface area contributed by atoms with Gasteiger partial charge in [-0.25, -0.2) is 13.4 Å². The molecule has 0 atom stereocenters. The highest BCUT2D eigenvalue weighted by molar-refractivity contribution is 7.89. The van der Waals surface area contributed by atoms with Crippen LogP contribution in [0.2, 0.25) is 0 Å². The van der Waals surface area contributed by atoms with Gasteiger partial charge in [-0.3, -0.25) is 4.79 Å². The maximum Gasteiger partial charge on any atom is 0.243 e. The van der Waals surface area contributed by atoms with Crippen LogP contribution in [-0.4, -0.2) is 50.9 Å². The quantitative estimate of drug-likeness (QED) is 0.343. The van der Waals surface area contributed by atoms with Gasteiger partial charge >= 0.3 is 0 Å². The van der Waals surface area contributed by atoms with Crippen molar-refractivity contribution in [1.29, 1.82) is 0 Å². The van der Waals surface area contributed by atoms with E-state index < -0.39 is 10.0 Å². The molecule has 8 nitrogen and oxygen atoms in total. The molecular formula is C27H28N4O4S2.